The highest BCUT2D eigenvalue weighted by atomic mass is 16.1. The van der Waals surface area contributed by atoms with Crippen LogP contribution in [-0.2, 0) is 11.2 Å². The van der Waals surface area contributed by atoms with E-state index >= 15 is 0 Å². The van der Waals surface area contributed by atoms with Crippen molar-refractivity contribution in [3.05, 3.63) is 70.8 Å². The van der Waals surface area contributed by atoms with Crippen LogP contribution in [0.4, 0.5) is 0 Å². The molecule has 0 saturated heterocycles. The van der Waals surface area contributed by atoms with Crippen molar-refractivity contribution in [1.29, 1.82) is 0 Å². The van der Waals surface area contributed by atoms with Crippen LogP contribution in [0.5, 0.6) is 0 Å². The Morgan fingerprint density at radius 1 is 1.00 bits per heavy atom. The molecule has 0 aliphatic heterocycles. The van der Waals surface area contributed by atoms with Crippen LogP contribution in [0.2, 0.25) is 0 Å². The Morgan fingerprint density at radius 2 is 1.68 bits per heavy atom. The highest BCUT2D eigenvalue weighted by Gasteiger charge is 2.14. The lowest BCUT2D eigenvalue weighted by atomic mass is 9.94. The summed E-state index contributed by atoms with van der Waals surface area (Å²) in [5, 5.41) is 0. The molecule has 0 N–H and O–H groups in total. The molecule has 0 saturated carbocycles. The van der Waals surface area contributed by atoms with Crippen LogP contribution < -0.4 is 0 Å². The Morgan fingerprint density at radius 3 is 2.32 bits per heavy atom. The Kier molecular flexibility index (Phi) is 3.91. The largest absolute Gasteiger partial charge is 0.300 e. The van der Waals surface area contributed by atoms with Crippen LogP contribution in [0.25, 0.3) is 0 Å². The van der Waals surface area contributed by atoms with Crippen LogP contribution in [0.1, 0.15) is 34.0 Å². The third-order valence-corrected chi connectivity index (χ3v) is 2.99. The Labute approximate surface area is 113 Å². The Balaban J connectivity index is 2.45. The summed E-state index contributed by atoms with van der Waals surface area (Å²) >= 11 is 0. The molecule has 96 valence electrons. The number of hydrogen-bond acceptors (Lipinski definition) is 2. The minimum atomic E-state index is -0.0273. The van der Waals surface area contributed by atoms with Gasteiger partial charge in [0.15, 0.2) is 5.78 Å². The van der Waals surface area contributed by atoms with E-state index in [4.69, 9.17) is 0 Å². The second-order valence-electron chi connectivity index (χ2n) is 4.73. The third-order valence-electron chi connectivity index (χ3n) is 2.99. The average Bonchev–Trinajstić information content (AvgIpc) is 2.40. The number of ketones is 2. The molecule has 0 radical (unpaired) electrons. The average molecular weight is 252 g/mol. The lowest BCUT2D eigenvalue weighted by Crippen LogP contribution is -2.08. The van der Waals surface area contributed by atoms with Gasteiger partial charge in [-0.05, 0) is 25.5 Å². The first-order valence-electron chi connectivity index (χ1n) is 6.26. The van der Waals surface area contributed by atoms with Crippen molar-refractivity contribution in [2.45, 2.75) is 20.3 Å². The second kappa shape index (κ2) is 5.61. The number of carbonyl (C=O) groups is 2. The maximum absolute atomic E-state index is 12.5. The van der Waals surface area contributed by atoms with Crippen molar-refractivity contribution in [3.63, 3.8) is 0 Å². The summed E-state index contributed by atoms with van der Waals surface area (Å²) in [4.78, 5) is 23.8. The van der Waals surface area contributed by atoms with Crippen molar-refractivity contribution in [2.75, 3.05) is 0 Å². The fraction of sp³-hybridized carbons (Fsp3) is 0.176. The van der Waals surface area contributed by atoms with Gasteiger partial charge in [0.2, 0.25) is 0 Å². The zero-order valence-electron chi connectivity index (χ0n) is 11.1. The molecule has 0 aliphatic rings. The van der Waals surface area contributed by atoms with E-state index in [0.717, 1.165) is 11.1 Å². The number of carbonyl (C=O) groups excluding carboxylic acids is 2. The van der Waals surface area contributed by atoms with Crippen LogP contribution >= 0.6 is 0 Å². The van der Waals surface area contributed by atoms with Crippen LogP contribution in [0, 0.1) is 6.92 Å². The zero-order chi connectivity index (χ0) is 13.8. The highest BCUT2D eigenvalue weighted by Crippen LogP contribution is 2.17. The number of benzene rings is 2. The summed E-state index contributed by atoms with van der Waals surface area (Å²) in [5.41, 5.74) is 3.10. The van der Waals surface area contributed by atoms with Gasteiger partial charge >= 0.3 is 0 Å². The highest BCUT2D eigenvalue weighted by molar-refractivity contribution is 6.10. The molecule has 0 amide bonds. The molecule has 0 atom stereocenters. The molecule has 2 aromatic rings. The summed E-state index contributed by atoms with van der Waals surface area (Å²) in [5.74, 6) is 0.0338. The fourth-order valence-corrected chi connectivity index (χ4v) is 2.07. The van der Waals surface area contributed by atoms with Gasteiger partial charge in [-0.3, -0.25) is 9.59 Å². The predicted octanol–water partition coefficient (Wildman–Crippen LogP) is 3.36. The molecule has 2 nitrogen and oxygen atoms in total. The first kappa shape index (κ1) is 13.2. The molecule has 2 rings (SSSR count). The predicted molar refractivity (Wildman–Crippen MR) is 75.4 cm³/mol. The van der Waals surface area contributed by atoms with Crippen molar-refractivity contribution in [3.8, 4) is 0 Å². The molecule has 0 unspecified atom stereocenters. The zero-order valence-corrected chi connectivity index (χ0v) is 11.1. The molecule has 0 fully saturated rings. The molecule has 2 aromatic carbocycles. The van der Waals surface area contributed by atoms with Crippen molar-refractivity contribution in [2.24, 2.45) is 0 Å². The molecular formula is C17H16O2. The monoisotopic (exact) mass is 252 g/mol. The quantitative estimate of drug-likeness (QED) is 0.782. The van der Waals surface area contributed by atoms with Crippen LogP contribution in [-0.4, -0.2) is 11.6 Å². The van der Waals surface area contributed by atoms with Crippen molar-refractivity contribution < 1.29 is 9.59 Å². The Bertz CT molecular complexity index is 612. The van der Waals surface area contributed by atoms with Gasteiger partial charge in [0.1, 0.15) is 5.78 Å². The topological polar surface area (TPSA) is 34.1 Å². The van der Waals surface area contributed by atoms with Gasteiger partial charge < -0.3 is 0 Å². The van der Waals surface area contributed by atoms with E-state index in [1.807, 2.05) is 43.3 Å². The molecular weight excluding hydrogens is 236 g/mol. The van der Waals surface area contributed by atoms with Gasteiger partial charge in [-0.25, -0.2) is 0 Å². The SMILES string of the molecule is CC(=O)Cc1ccc(C)cc1C(=O)c1ccccc1. The molecule has 0 aromatic heterocycles. The minimum Gasteiger partial charge on any atom is -0.300 e. The smallest absolute Gasteiger partial charge is 0.193 e. The van der Waals surface area contributed by atoms with Gasteiger partial charge in [0.05, 0.1) is 0 Å². The summed E-state index contributed by atoms with van der Waals surface area (Å²) in [7, 11) is 0. The maximum atomic E-state index is 12.5. The van der Waals surface area contributed by atoms with Gasteiger partial charge in [0, 0.05) is 17.5 Å². The van der Waals surface area contributed by atoms with Crippen LogP contribution in [0.3, 0.4) is 0 Å². The summed E-state index contributed by atoms with van der Waals surface area (Å²) in [6, 6.07) is 14.8. The second-order valence-corrected chi connectivity index (χ2v) is 4.73. The standard InChI is InChI=1S/C17H16O2/c1-12-8-9-15(11-13(2)18)16(10-12)17(19)14-6-4-3-5-7-14/h3-10H,11H2,1-2H3. The number of rotatable bonds is 4. The van der Waals surface area contributed by atoms with Gasteiger partial charge in [-0.1, -0.05) is 48.0 Å². The third kappa shape index (κ3) is 3.16. The number of Topliss-reactive ketones (excluding diaryl/α,β-unsaturated/α-hetero) is 1. The van der Waals surface area contributed by atoms with E-state index < -0.39 is 0 Å². The fourth-order valence-electron chi connectivity index (χ4n) is 2.07. The summed E-state index contributed by atoms with van der Waals surface area (Å²) in [6.07, 6.45) is 0.300. The van der Waals surface area contributed by atoms with Crippen molar-refractivity contribution in [1.82, 2.24) is 0 Å². The summed E-state index contributed by atoms with van der Waals surface area (Å²) in [6.45, 7) is 3.48. The first-order chi connectivity index (χ1) is 9.08. The lowest BCUT2D eigenvalue weighted by Gasteiger charge is -2.09. The van der Waals surface area contributed by atoms with Gasteiger partial charge in [-0.15, -0.1) is 0 Å². The van der Waals surface area contributed by atoms with E-state index in [1.54, 1.807) is 12.1 Å². The first-order valence-corrected chi connectivity index (χ1v) is 6.26. The van der Waals surface area contributed by atoms with Crippen molar-refractivity contribution >= 4 is 11.6 Å². The molecule has 19 heavy (non-hydrogen) atoms. The molecule has 2 heteroatoms. The van der Waals surface area contributed by atoms with E-state index in [2.05, 4.69) is 0 Å². The van der Waals surface area contributed by atoms with E-state index in [9.17, 15) is 9.59 Å². The van der Waals surface area contributed by atoms with E-state index in [-0.39, 0.29) is 11.6 Å². The minimum absolute atomic E-state index is 0.0273. The van der Waals surface area contributed by atoms with Gasteiger partial charge in [0.25, 0.3) is 0 Å². The normalized spacial score (nSPS) is 10.2. The molecule has 0 bridgehead atoms. The van der Waals surface area contributed by atoms with E-state index in [1.165, 1.54) is 6.92 Å². The Hall–Kier alpha value is -2.22. The molecule has 0 heterocycles. The number of hydrogen-bond donors (Lipinski definition) is 0. The van der Waals surface area contributed by atoms with E-state index in [0.29, 0.717) is 17.5 Å². The lowest BCUT2D eigenvalue weighted by molar-refractivity contribution is -0.116. The van der Waals surface area contributed by atoms with Gasteiger partial charge in [-0.2, -0.15) is 0 Å². The summed E-state index contributed by atoms with van der Waals surface area (Å²) < 4.78 is 0. The molecule has 0 spiro atoms. The maximum Gasteiger partial charge on any atom is 0.193 e. The molecule has 0 aliphatic carbocycles. The van der Waals surface area contributed by atoms with Crippen LogP contribution in [0.15, 0.2) is 48.5 Å². The number of aryl methyl sites for hydroxylation is 1.